The zero-order valence-corrected chi connectivity index (χ0v) is 22.4. The van der Waals surface area contributed by atoms with E-state index in [-0.39, 0.29) is 16.7 Å². The van der Waals surface area contributed by atoms with Crippen molar-refractivity contribution in [2.75, 3.05) is 13.7 Å². The maximum atomic E-state index is 13.1. The molecule has 3 aromatic rings. The largest absolute Gasteiger partial charge is 0.459 e. The molecule has 1 saturated heterocycles. The summed E-state index contributed by atoms with van der Waals surface area (Å²) in [6, 6.07) is 23.4. The average Bonchev–Trinajstić information content (AvgIpc) is 2.98. The maximum absolute atomic E-state index is 13.1. The number of hydrogen-bond acceptors (Lipinski definition) is 11. The van der Waals surface area contributed by atoms with Crippen molar-refractivity contribution < 1.29 is 55.2 Å². The molecule has 1 aliphatic heterocycles. The highest BCUT2D eigenvalue weighted by atomic mass is 32.3. The monoisotopic (exact) mass is 586 g/mol. The fraction of sp³-hybridized carbons (Fsp3) is 0.250. The Morgan fingerprint density at radius 1 is 0.707 bits per heavy atom. The van der Waals surface area contributed by atoms with Gasteiger partial charge in [0.25, 0.3) is 0 Å². The smallest absolute Gasteiger partial charge is 0.397 e. The third-order valence-corrected chi connectivity index (χ3v) is 6.42. The molecule has 12 nitrogen and oxygen atoms in total. The van der Waals surface area contributed by atoms with E-state index >= 15 is 0 Å². The minimum atomic E-state index is -5.20. The van der Waals surface area contributed by atoms with Crippen LogP contribution in [0, 0.1) is 0 Å². The lowest BCUT2D eigenvalue weighted by Crippen LogP contribution is -2.63. The number of methoxy groups -OCH3 is 1. The van der Waals surface area contributed by atoms with Gasteiger partial charge in [0.1, 0.15) is 18.8 Å². The third kappa shape index (κ3) is 7.96. The quantitative estimate of drug-likeness (QED) is 0.210. The van der Waals surface area contributed by atoms with E-state index in [9.17, 15) is 27.4 Å². The molecule has 0 aromatic heterocycles. The van der Waals surface area contributed by atoms with Crippen molar-refractivity contribution in [3.05, 3.63) is 108 Å². The van der Waals surface area contributed by atoms with Crippen molar-refractivity contribution in [1.29, 1.82) is 0 Å². The SMILES string of the molecule is CO[C@H]1O[C@H](COC(=O)c2ccccc2)[C@H](OS(=O)(=O)O)[C@H](OC(=O)c2ccccc2)[C@H]1OC(=O)c1ccccc1. The number of esters is 3. The van der Waals surface area contributed by atoms with E-state index in [1.165, 1.54) is 43.5 Å². The predicted molar refractivity (Wildman–Crippen MR) is 140 cm³/mol. The van der Waals surface area contributed by atoms with E-state index in [1.54, 1.807) is 54.6 Å². The van der Waals surface area contributed by atoms with Gasteiger partial charge in [-0.1, -0.05) is 54.6 Å². The van der Waals surface area contributed by atoms with Crippen LogP contribution in [0.1, 0.15) is 31.1 Å². The van der Waals surface area contributed by atoms with Crippen molar-refractivity contribution in [2.45, 2.75) is 30.7 Å². The molecule has 1 fully saturated rings. The molecule has 0 unspecified atom stereocenters. The third-order valence-electron chi connectivity index (χ3n) is 5.95. The van der Waals surface area contributed by atoms with E-state index in [4.69, 9.17) is 27.9 Å². The highest BCUT2D eigenvalue weighted by Crippen LogP contribution is 2.31. The minimum absolute atomic E-state index is 0.0822. The highest BCUT2D eigenvalue weighted by Gasteiger charge is 2.53. The molecule has 1 heterocycles. The van der Waals surface area contributed by atoms with Gasteiger partial charge in [-0.05, 0) is 36.4 Å². The molecule has 4 rings (SSSR count). The van der Waals surface area contributed by atoms with E-state index in [0.29, 0.717) is 0 Å². The standard InChI is InChI=1S/C28H26O12S/c1-35-28-24(39-27(31)20-15-9-4-10-16-20)23(38-26(30)19-13-7-3-8-14-19)22(40-41(32,33)34)21(37-28)17-36-25(29)18-11-5-2-6-12-18/h2-16,21-24,28H,17H2,1H3,(H,32,33,34)/t21-,22+,23+,24-,28+/m1/s1. The van der Waals surface area contributed by atoms with Gasteiger partial charge in [-0.15, -0.1) is 0 Å². The molecule has 0 aliphatic carbocycles. The summed E-state index contributed by atoms with van der Waals surface area (Å²) in [5.41, 5.74) is 0.404. The fourth-order valence-electron chi connectivity index (χ4n) is 4.07. The summed E-state index contributed by atoms with van der Waals surface area (Å²) in [6.45, 7) is -0.619. The van der Waals surface area contributed by atoms with Gasteiger partial charge in [0.05, 0.1) is 16.7 Å². The molecule has 0 spiro atoms. The molecule has 0 bridgehead atoms. The lowest BCUT2D eigenvalue weighted by Gasteiger charge is -2.43. The van der Waals surface area contributed by atoms with Crippen LogP contribution in [-0.4, -0.2) is 75.3 Å². The molecule has 216 valence electrons. The van der Waals surface area contributed by atoms with Gasteiger partial charge < -0.3 is 23.7 Å². The maximum Gasteiger partial charge on any atom is 0.397 e. The summed E-state index contributed by atoms with van der Waals surface area (Å²) in [5.74, 6) is -2.58. The van der Waals surface area contributed by atoms with Gasteiger partial charge in [0.2, 0.25) is 0 Å². The Bertz CT molecular complexity index is 1430. The number of rotatable bonds is 10. The van der Waals surface area contributed by atoms with E-state index in [2.05, 4.69) is 0 Å². The number of hydrogen-bond donors (Lipinski definition) is 1. The molecule has 0 amide bonds. The Morgan fingerprint density at radius 2 is 1.15 bits per heavy atom. The van der Waals surface area contributed by atoms with Crippen molar-refractivity contribution >= 4 is 28.3 Å². The van der Waals surface area contributed by atoms with Gasteiger partial charge in [0, 0.05) is 7.11 Å². The van der Waals surface area contributed by atoms with Crippen molar-refractivity contribution in [3.63, 3.8) is 0 Å². The molecular weight excluding hydrogens is 560 g/mol. The van der Waals surface area contributed by atoms with Crippen LogP contribution in [0.15, 0.2) is 91.0 Å². The molecule has 41 heavy (non-hydrogen) atoms. The van der Waals surface area contributed by atoms with E-state index in [1.807, 2.05) is 0 Å². The van der Waals surface area contributed by atoms with Crippen LogP contribution in [0.4, 0.5) is 0 Å². The summed E-state index contributed by atoms with van der Waals surface area (Å²) in [7, 11) is -3.99. The summed E-state index contributed by atoms with van der Waals surface area (Å²) < 4.78 is 65.9. The minimum Gasteiger partial charge on any atom is -0.459 e. The van der Waals surface area contributed by atoms with Gasteiger partial charge in [-0.2, -0.15) is 8.42 Å². The van der Waals surface area contributed by atoms with E-state index in [0.717, 1.165) is 0 Å². The molecule has 0 saturated carbocycles. The molecule has 13 heteroatoms. The second-order valence-electron chi connectivity index (χ2n) is 8.70. The summed E-state index contributed by atoms with van der Waals surface area (Å²) >= 11 is 0. The molecule has 3 aromatic carbocycles. The van der Waals surface area contributed by atoms with Crippen molar-refractivity contribution in [1.82, 2.24) is 0 Å². The lowest BCUT2D eigenvalue weighted by atomic mass is 9.98. The average molecular weight is 587 g/mol. The van der Waals surface area contributed by atoms with E-state index < -0.39 is 65.6 Å². The molecule has 5 atom stereocenters. The van der Waals surface area contributed by atoms with Crippen LogP contribution < -0.4 is 0 Å². The molecular formula is C28H26O12S. The molecule has 0 radical (unpaired) electrons. The second-order valence-corrected chi connectivity index (χ2v) is 9.75. The first-order valence-electron chi connectivity index (χ1n) is 12.2. The normalized spacial score (nSPS) is 22.3. The van der Waals surface area contributed by atoms with Crippen LogP contribution in [0.25, 0.3) is 0 Å². The lowest BCUT2D eigenvalue weighted by molar-refractivity contribution is -0.288. The second kappa shape index (κ2) is 13.5. The first kappa shape index (κ1) is 29.8. The number of carbonyl (C=O) groups excluding carboxylic acids is 3. The van der Waals surface area contributed by atoms with Gasteiger partial charge >= 0.3 is 28.3 Å². The fourth-order valence-corrected chi connectivity index (χ4v) is 4.58. The van der Waals surface area contributed by atoms with Gasteiger partial charge in [0.15, 0.2) is 18.5 Å². The first-order chi connectivity index (χ1) is 19.7. The van der Waals surface area contributed by atoms with Crippen molar-refractivity contribution in [3.8, 4) is 0 Å². The topological polar surface area (TPSA) is 161 Å². The Kier molecular flexibility index (Phi) is 9.81. The van der Waals surface area contributed by atoms with Crippen LogP contribution in [0.2, 0.25) is 0 Å². The zero-order chi connectivity index (χ0) is 29.4. The summed E-state index contributed by atoms with van der Waals surface area (Å²) in [6.07, 6.45) is -8.08. The van der Waals surface area contributed by atoms with Gasteiger partial charge in [-0.3, -0.25) is 4.55 Å². The number of carbonyl (C=O) groups is 3. The molecule has 1 aliphatic rings. The van der Waals surface area contributed by atoms with Crippen LogP contribution in [0.3, 0.4) is 0 Å². The van der Waals surface area contributed by atoms with Gasteiger partial charge in [-0.25, -0.2) is 18.6 Å². The Labute approximate surface area is 235 Å². The first-order valence-corrected chi connectivity index (χ1v) is 13.6. The summed E-state index contributed by atoms with van der Waals surface area (Å²) in [4.78, 5) is 38.6. The Balaban J connectivity index is 1.68. The molecule has 1 N–H and O–H groups in total. The van der Waals surface area contributed by atoms with Crippen LogP contribution in [0.5, 0.6) is 0 Å². The highest BCUT2D eigenvalue weighted by molar-refractivity contribution is 7.80. The Hall–Kier alpha value is -4.14. The predicted octanol–water partition coefficient (Wildman–Crippen LogP) is 2.85. The summed E-state index contributed by atoms with van der Waals surface area (Å²) in [5, 5.41) is 0. The number of benzene rings is 3. The Morgan fingerprint density at radius 3 is 1.59 bits per heavy atom. The van der Waals surface area contributed by atoms with Crippen LogP contribution >= 0.6 is 0 Å². The van der Waals surface area contributed by atoms with Crippen LogP contribution in [-0.2, 0) is 38.3 Å². The zero-order valence-electron chi connectivity index (χ0n) is 21.6. The number of ether oxygens (including phenoxy) is 5. The van der Waals surface area contributed by atoms with Crippen molar-refractivity contribution in [2.24, 2.45) is 0 Å².